The first-order chi connectivity index (χ1) is 9.69. The van der Waals surface area contributed by atoms with E-state index in [2.05, 4.69) is 55.2 Å². The van der Waals surface area contributed by atoms with Crippen molar-refractivity contribution in [2.45, 2.75) is 66.8 Å². The molecule has 0 saturated heterocycles. The molecular weight excluding hydrogens is 260 g/mol. The number of hydrogen-bond donors (Lipinski definition) is 2. The summed E-state index contributed by atoms with van der Waals surface area (Å²) < 4.78 is 0. The van der Waals surface area contributed by atoms with Crippen molar-refractivity contribution in [2.75, 3.05) is 17.2 Å². The monoisotopic (exact) mass is 290 g/mol. The maximum Gasteiger partial charge on any atom is 0.224 e. The number of aromatic nitrogens is 2. The van der Waals surface area contributed by atoms with E-state index in [1.54, 1.807) is 0 Å². The summed E-state index contributed by atoms with van der Waals surface area (Å²) in [5.74, 6) is 1.66. The highest BCUT2D eigenvalue weighted by atomic mass is 15.1. The van der Waals surface area contributed by atoms with E-state index in [0.717, 1.165) is 18.1 Å². The average molecular weight is 290 g/mol. The molecule has 118 valence electrons. The molecule has 0 amide bonds. The number of nitrogens with one attached hydrogen (secondary N) is 2. The van der Waals surface area contributed by atoms with E-state index in [0.29, 0.717) is 22.8 Å². The van der Waals surface area contributed by atoms with E-state index in [1.807, 2.05) is 13.0 Å². The van der Waals surface area contributed by atoms with E-state index in [1.165, 1.54) is 19.3 Å². The molecular formula is C17H30N4. The second kappa shape index (κ2) is 5.82. The van der Waals surface area contributed by atoms with Crippen molar-refractivity contribution in [1.82, 2.24) is 9.97 Å². The van der Waals surface area contributed by atoms with Crippen LogP contribution in [0.25, 0.3) is 0 Å². The molecule has 21 heavy (non-hydrogen) atoms. The molecule has 0 radical (unpaired) electrons. The lowest BCUT2D eigenvalue weighted by molar-refractivity contribution is 0.105. The Balaban J connectivity index is 2.13. The van der Waals surface area contributed by atoms with Gasteiger partial charge in [0, 0.05) is 24.3 Å². The summed E-state index contributed by atoms with van der Waals surface area (Å²) in [4.78, 5) is 8.99. The van der Waals surface area contributed by atoms with Crippen molar-refractivity contribution in [2.24, 2.45) is 10.8 Å². The minimum Gasteiger partial charge on any atom is -0.367 e. The van der Waals surface area contributed by atoms with E-state index in [9.17, 15) is 0 Å². The van der Waals surface area contributed by atoms with Gasteiger partial charge in [-0.25, -0.2) is 4.98 Å². The zero-order valence-corrected chi connectivity index (χ0v) is 14.4. The number of hydrogen-bond acceptors (Lipinski definition) is 4. The third-order valence-corrected chi connectivity index (χ3v) is 4.10. The highest BCUT2D eigenvalue weighted by Crippen LogP contribution is 2.46. The van der Waals surface area contributed by atoms with Gasteiger partial charge in [0.15, 0.2) is 0 Å². The third-order valence-electron chi connectivity index (χ3n) is 4.10. The first-order valence-corrected chi connectivity index (χ1v) is 8.05. The molecule has 1 heterocycles. The van der Waals surface area contributed by atoms with Crippen molar-refractivity contribution in [1.29, 1.82) is 0 Å². The average Bonchev–Trinajstić information content (AvgIpc) is 2.23. The standard InChI is InChI=1S/C17H30N4/c1-7-18-15-19-12(2)8-14(21-15)20-13-9-16(3,4)11-17(5,6)10-13/h8,13H,7,9-11H2,1-6H3,(H2,18,19,20,21). The summed E-state index contributed by atoms with van der Waals surface area (Å²) >= 11 is 0. The molecule has 0 aromatic carbocycles. The molecule has 1 fully saturated rings. The van der Waals surface area contributed by atoms with Crippen molar-refractivity contribution >= 4 is 11.8 Å². The predicted molar refractivity (Wildman–Crippen MR) is 89.8 cm³/mol. The zero-order chi connectivity index (χ0) is 15.7. The fourth-order valence-electron chi connectivity index (χ4n) is 4.04. The molecule has 0 unspecified atom stereocenters. The molecule has 1 aromatic heterocycles. The fraction of sp³-hybridized carbons (Fsp3) is 0.765. The van der Waals surface area contributed by atoms with Gasteiger partial charge in [0.25, 0.3) is 0 Å². The topological polar surface area (TPSA) is 49.8 Å². The molecule has 2 rings (SSSR count). The van der Waals surface area contributed by atoms with Gasteiger partial charge < -0.3 is 10.6 Å². The number of aryl methyl sites for hydroxylation is 1. The van der Waals surface area contributed by atoms with Gasteiger partial charge in [0.05, 0.1) is 0 Å². The number of anilines is 2. The van der Waals surface area contributed by atoms with Crippen molar-refractivity contribution in [3.05, 3.63) is 11.8 Å². The van der Waals surface area contributed by atoms with Crippen molar-refractivity contribution in [3.63, 3.8) is 0 Å². The Labute approximate surface area is 129 Å². The Morgan fingerprint density at radius 2 is 1.76 bits per heavy atom. The van der Waals surface area contributed by atoms with E-state index in [4.69, 9.17) is 0 Å². The summed E-state index contributed by atoms with van der Waals surface area (Å²) in [5, 5.41) is 6.84. The largest absolute Gasteiger partial charge is 0.367 e. The lowest BCUT2D eigenvalue weighted by atomic mass is 9.63. The summed E-state index contributed by atoms with van der Waals surface area (Å²) in [6.45, 7) is 14.4. The van der Waals surface area contributed by atoms with Gasteiger partial charge >= 0.3 is 0 Å². The molecule has 0 spiro atoms. The summed E-state index contributed by atoms with van der Waals surface area (Å²) in [6.07, 6.45) is 3.66. The van der Waals surface area contributed by atoms with E-state index < -0.39 is 0 Å². The normalized spacial score (nSPS) is 21.0. The Bertz CT molecular complexity index is 478. The van der Waals surface area contributed by atoms with Crippen molar-refractivity contribution < 1.29 is 0 Å². The summed E-state index contributed by atoms with van der Waals surface area (Å²) in [5.41, 5.74) is 1.76. The molecule has 4 nitrogen and oxygen atoms in total. The molecule has 1 aliphatic rings. The Hall–Kier alpha value is -1.32. The predicted octanol–water partition coefficient (Wildman–Crippen LogP) is 4.23. The van der Waals surface area contributed by atoms with E-state index >= 15 is 0 Å². The molecule has 4 heteroatoms. The minimum atomic E-state index is 0.381. The van der Waals surface area contributed by atoms with Gasteiger partial charge in [-0.1, -0.05) is 27.7 Å². The second-order valence-electron chi connectivity index (χ2n) is 8.00. The van der Waals surface area contributed by atoms with Crippen LogP contribution >= 0.6 is 0 Å². The zero-order valence-electron chi connectivity index (χ0n) is 14.4. The van der Waals surface area contributed by atoms with Crippen LogP contribution < -0.4 is 10.6 Å². The van der Waals surface area contributed by atoms with Gasteiger partial charge in [-0.15, -0.1) is 0 Å². The highest BCUT2D eigenvalue weighted by molar-refractivity contribution is 5.43. The fourth-order valence-corrected chi connectivity index (χ4v) is 4.04. The SMILES string of the molecule is CCNc1nc(C)cc(NC2CC(C)(C)CC(C)(C)C2)n1. The third kappa shape index (κ3) is 4.58. The van der Waals surface area contributed by atoms with Crippen LogP contribution in [0, 0.1) is 17.8 Å². The summed E-state index contributed by atoms with van der Waals surface area (Å²) in [6, 6.07) is 2.52. The molecule has 0 bridgehead atoms. The maximum atomic E-state index is 4.58. The van der Waals surface area contributed by atoms with Crippen LogP contribution in [0.4, 0.5) is 11.8 Å². The van der Waals surface area contributed by atoms with Crippen LogP contribution in [0.5, 0.6) is 0 Å². The number of rotatable bonds is 4. The van der Waals surface area contributed by atoms with Crippen LogP contribution in [0.2, 0.25) is 0 Å². The highest BCUT2D eigenvalue weighted by Gasteiger charge is 2.38. The first-order valence-electron chi connectivity index (χ1n) is 8.05. The van der Waals surface area contributed by atoms with Gasteiger partial charge in [-0.2, -0.15) is 4.98 Å². The Morgan fingerprint density at radius 3 is 2.33 bits per heavy atom. The molecule has 1 aliphatic carbocycles. The maximum absolute atomic E-state index is 4.58. The summed E-state index contributed by atoms with van der Waals surface area (Å²) in [7, 11) is 0. The Morgan fingerprint density at radius 1 is 1.14 bits per heavy atom. The lowest BCUT2D eigenvalue weighted by Gasteiger charge is -2.45. The second-order valence-corrected chi connectivity index (χ2v) is 8.00. The van der Waals surface area contributed by atoms with Gasteiger partial charge in [0.2, 0.25) is 5.95 Å². The molecule has 1 saturated carbocycles. The molecule has 0 atom stereocenters. The Kier molecular flexibility index (Phi) is 4.45. The lowest BCUT2D eigenvalue weighted by Crippen LogP contribution is -2.40. The van der Waals surface area contributed by atoms with Gasteiger partial charge in [-0.3, -0.25) is 0 Å². The molecule has 2 N–H and O–H groups in total. The van der Waals surface area contributed by atoms with Crippen LogP contribution in [0.3, 0.4) is 0 Å². The van der Waals surface area contributed by atoms with Crippen molar-refractivity contribution in [3.8, 4) is 0 Å². The van der Waals surface area contributed by atoms with Crippen LogP contribution in [-0.4, -0.2) is 22.6 Å². The van der Waals surface area contributed by atoms with Crippen LogP contribution in [0.15, 0.2) is 6.07 Å². The molecule has 0 aliphatic heterocycles. The van der Waals surface area contributed by atoms with E-state index in [-0.39, 0.29) is 0 Å². The number of nitrogens with zero attached hydrogens (tertiary/aromatic N) is 2. The minimum absolute atomic E-state index is 0.381. The quantitative estimate of drug-likeness (QED) is 0.871. The van der Waals surface area contributed by atoms with Gasteiger partial charge in [0.1, 0.15) is 5.82 Å². The molecule has 1 aromatic rings. The smallest absolute Gasteiger partial charge is 0.224 e. The van der Waals surface area contributed by atoms with Gasteiger partial charge in [-0.05, 0) is 43.9 Å². The van der Waals surface area contributed by atoms with Crippen LogP contribution in [-0.2, 0) is 0 Å². The first kappa shape index (κ1) is 16.1. The van der Waals surface area contributed by atoms with Crippen LogP contribution in [0.1, 0.15) is 59.6 Å².